The fourth-order valence-electron chi connectivity index (χ4n) is 1.17. The number of ether oxygens (including phenoxy) is 2. The molecule has 0 aliphatic rings. The summed E-state index contributed by atoms with van der Waals surface area (Å²) < 4.78 is 10.7. The van der Waals surface area contributed by atoms with Gasteiger partial charge in [0.1, 0.15) is 0 Å². The standard InChI is InChI=1S/C11H25NO2/c1-2-8-13-10-11-14-9-6-4-3-5-7-12/h2-12H2,1H3. The first-order chi connectivity index (χ1) is 6.91. The van der Waals surface area contributed by atoms with E-state index >= 15 is 0 Å². The van der Waals surface area contributed by atoms with Gasteiger partial charge in [-0.3, -0.25) is 0 Å². The Balaban J connectivity index is 2.78. The topological polar surface area (TPSA) is 44.5 Å². The molecule has 0 spiro atoms. The Morgan fingerprint density at radius 1 is 0.786 bits per heavy atom. The maximum atomic E-state index is 5.40. The van der Waals surface area contributed by atoms with Gasteiger partial charge in [0, 0.05) is 13.2 Å². The minimum absolute atomic E-state index is 0.733. The highest BCUT2D eigenvalue weighted by Crippen LogP contribution is 1.98. The van der Waals surface area contributed by atoms with Crippen LogP contribution in [0.15, 0.2) is 0 Å². The molecular weight excluding hydrogens is 178 g/mol. The molecule has 0 saturated carbocycles. The molecule has 0 unspecified atom stereocenters. The lowest BCUT2D eigenvalue weighted by Crippen LogP contribution is -2.06. The molecule has 0 heterocycles. The molecule has 0 aromatic rings. The third kappa shape index (κ3) is 11.9. The summed E-state index contributed by atoms with van der Waals surface area (Å²) in [4.78, 5) is 0. The van der Waals surface area contributed by atoms with Gasteiger partial charge in [0.2, 0.25) is 0 Å². The molecule has 0 aromatic heterocycles. The van der Waals surface area contributed by atoms with E-state index in [0.29, 0.717) is 0 Å². The van der Waals surface area contributed by atoms with Crippen molar-refractivity contribution in [2.45, 2.75) is 39.0 Å². The van der Waals surface area contributed by atoms with Crippen molar-refractivity contribution in [2.24, 2.45) is 5.73 Å². The lowest BCUT2D eigenvalue weighted by atomic mass is 10.2. The highest BCUT2D eigenvalue weighted by molar-refractivity contribution is 4.43. The van der Waals surface area contributed by atoms with Gasteiger partial charge in [0.05, 0.1) is 13.2 Å². The quantitative estimate of drug-likeness (QED) is 0.522. The first kappa shape index (κ1) is 13.9. The van der Waals surface area contributed by atoms with Gasteiger partial charge < -0.3 is 15.2 Å². The summed E-state index contributed by atoms with van der Waals surface area (Å²) in [5.74, 6) is 0. The Kier molecular flexibility index (Phi) is 12.8. The van der Waals surface area contributed by atoms with Crippen LogP contribution in [0.25, 0.3) is 0 Å². The first-order valence-electron chi connectivity index (χ1n) is 5.77. The fraction of sp³-hybridized carbons (Fsp3) is 1.00. The van der Waals surface area contributed by atoms with Crippen LogP contribution in [0.1, 0.15) is 39.0 Å². The Labute approximate surface area is 88.0 Å². The van der Waals surface area contributed by atoms with E-state index in [1.165, 1.54) is 12.8 Å². The van der Waals surface area contributed by atoms with Crippen molar-refractivity contribution in [2.75, 3.05) is 33.0 Å². The normalized spacial score (nSPS) is 10.7. The lowest BCUT2D eigenvalue weighted by molar-refractivity contribution is 0.0465. The molecule has 0 bridgehead atoms. The maximum Gasteiger partial charge on any atom is 0.0700 e. The van der Waals surface area contributed by atoms with Crippen molar-refractivity contribution in [1.29, 1.82) is 0 Å². The van der Waals surface area contributed by atoms with Crippen LogP contribution in [0.4, 0.5) is 0 Å². The van der Waals surface area contributed by atoms with Crippen LogP contribution in [-0.2, 0) is 9.47 Å². The van der Waals surface area contributed by atoms with Gasteiger partial charge >= 0.3 is 0 Å². The van der Waals surface area contributed by atoms with Crippen LogP contribution in [0.5, 0.6) is 0 Å². The minimum Gasteiger partial charge on any atom is -0.379 e. The van der Waals surface area contributed by atoms with Gasteiger partial charge in [-0.2, -0.15) is 0 Å². The first-order valence-corrected chi connectivity index (χ1v) is 5.77. The van der Waals surface area contributed by atoms with E-state index in [-0.39, 0.29) is 0 Å². The summed E-state index contributed by atoms with van der Waals surface area (Å²) in [6.07, 6.45) is 5.83. The van der Waals surface area contributed by atoms with E-state index < -0.39 is 0 Å². The summed E-state index contributed by atoms with van der Waals surface area (Å²) >= 11 is 0. The fourth-order valence-corrected chi connectivity index (χ4v) is 1.17. The van der Waals surface area contributed by atoms with Gasteiger partial charge in [0.25, 0.3) is 0 Å². The molecule has 0 saturated heterocycles. The molecule has 14 heavy (non-hydrogen) atoms. The predicted octanol–water partition coefficient (Wildman–Crippen LogP) is 1.95. The monoisotopic (exact) mass is 203 g/mol. The van der Waals surface area contributed by atoms with Crippen LogP contribution in [0.3, 0.4) is 0 Å². The van der Waals surface area contributed by atoms with E-state index in [0.717, 1.165) is 52.2 Å². The lowest BCUT2D eigenvalue weighted by Gasteiger charge is -2.04. The zero-order valence-corrected chi connectivity index (χ0v) is 9.46. The maximum absolute atomic E-state index is 5.40. The van der Waals surface area contributed by atoms with E-state index in [4.69, 9.17) is 15.2 Å². The SMILES string of the molecule is CCCOCCOCCCCCCN. The molecule has 86 valence electrons. The van der Waals surface area contributed by atoms with Gasteiger partial charge in [-0.1, -0.05) is 19.8 Å². The molecule has 0 fully saturated rings. The number of hydrogen-bond acceptors (Lipinski definition) is 3. The second-order valence-electron chi connectivity index (χ2n) is 3.43. The third-order valence-corrected chi connectivity index (χ3v) is 1.96. The average Bonchev–Trinajstić information content (AvgIpc) is 2.21. The largest absolute Gasteiger partial charge is 0.379 e. The van der Waals surface area contributed by atoms with Crippen LogP contribution in [0.2, 0.25) is 0 Å². The zero-order chi connectivity index (χ0) is 10.5. The van der Waals surface area contributed by atoms with Gasteiger partial charge in [-0.15, -0.1) is 0 Å². The zero-order valence-electron chi connectivity index (χ0n) is 9.46. The number of rotatable bonds is 11. The number of nitrogens with two attached hydrogens (primary N) is 1. The number of hydrogen-bond donors (Lipinski definition) is 1. The molecule has 0 amide bonds. The second kappa shape index (κ2) is 12.9. The van der Waals surface area contributed by atoms with Gasteiger partial charge in [0.15, 0.2) is 0 Å². The Hall–Kier alpha value is -0.120. The predicted molar refractivity (Wildman–Crippen MR) is 59.5 cm³/mol. The molecule has 0 aromatic carbocycles. The van der Waals surface area contributed by atoms with Crippen LogP contribution in [-0.4, -0.2) is 33.0 Å². The van der Waals surface area contributed by atoms with E-state index in [9.17, 15) is 0 Å². The smallest absolute Gasteiger partial charge is 0.0700 e. The molecule has 0 atom stereocenters. The van der Waals surface area contributed by atoms with Crippen molar-refractivity contribution >= 4 is 0 Å². The van der Waals surface area contributed by atoms with Gasteiger partial charge in [-0.05, 0) is 25.8 Å². The molecule has 3 heteroatoms. The molecule has 3 nitrogen and oxygen atoms in total. The Morgan fingerprint density at radius 2 is 1.43 bits per heavy atom. The van der Waals surface area contributed by atoms with Crippen molar-refractivity contribution in [3.8, 4) is 0 Å². The molecular formula is C11H25NO2. The molecule has 0 radical (unpaired) electrons. The van der Waals surface area contributed by atoms with E-state index in [1.807, 2.05) is 0 Å². The number of unbranched alkanes of at least 4 members (excludes halogenated alkanes) is 3. The van der Waals surface area contributed by atoms with Crippen molar-refractivity contribution in [1.82, 2.24) is 0 Å². The summed E-state index contributed by atoms with van der Waals surface area (Å²) in [6, 6.07) is 0. The highest BCUT2D eigenvalue weighted by atomic mass is 16.5. The minimum atomic E-state index is 0.733. The van der Waals surface area contributed by atoms with Crippen LogP contribution < -0.4 is 5.73 Å². The average molecular weight is 203 g/mol. The van der Waals surface area contributed by atoms with E-state index in [1.54, 1.807) is 0 Å². The highest BCUT2D eigenvalue weighted by Gasteiger charge is 1.90. The van der Waals surface area contributed by atoms with Crippen molar-refractivity contribution in [3.63, 3.8) is 0 Å². The Morgan fingerprint density at radius 3 is 2.07 bits per heavy atom. The van der Waals surface area contributed by atoms with Crippen molar-refractivity contribution in [3.05, 3.63) is 0 Å². The summed E-state index contributed by atoms with van der Waals surface area (Å²) in [5, 5.41) is 0. The molecule has 0 aliphatic carbocycles. The van der Waals surface area contributed by atoms with Gasteiger partial charge in [-0.25, -0.2) is 0 Å². The second-order valence-corrected chi connectivity index (χ2v) is 3.43. The third-order valence-electron chi connectivity index (χ3n) is 1.96. The van der Waals surface area contributed by atoms with Crippen molar-refractivity contribution < 1.29 is 9.47 Å². The van der Waals surface area contributed by atoms with Crippen LogP contribution >= 0.6 is 0 Å². The summed E-state index contributed by atoms with van der Waals surface area (Å²) in [5.41, 5.74) is 5.39. The molecule has 2 N–H and O–H groups in total. The van der Waals surface area contributed by atoms with E-state index in [2.05, 4.69) is 6.92 Å². The summed E-state index contributed by atoms with van der Waals surface area (Å²) in [6.45, 7) is 6.09. The Bertz CT molecular complexity index is 87.3. The molecule has 0 aliphatic heterocycles. The summed E-state index contributed by atoms with van der Waals surface area (Å²) in [7, 11) is 0. The van der Waals surface area contributed by atoms with Crippen LogP contribution in [0, 0.1) is 0 Å². The molecule has 0 rings (SSSR count).